The first-order valence-corrected chi connectivity index (χ1v) is 6.67. The minimum Gasteiger partial charge on any atom is -0.399 e. The van der Waals surface area contributed by atoms with E-state index in [4.69, 9.17) is 5.73 Å². The molecule has 0 saturated heterocycles. The molecule has 0 saturated carbocycles. The lowest BCUT2D eigenvalue weighted by molar-refractivity contribution is 0.288. The zero-order valence-corrected chi connectivity index (χ0v) is 10.4. The molecule has 4 heteroatoms. The summed E-state index contributed by atoms with van der Waals surface area (Å²) in [4.78, 5) is 6.76. The molecule has 2 aromatic rings. The third kappa shape index (κ3) is 2.33. The van der Waals surface area contributed by atoms with Gasteiger partial charge in [-0.1, -0.05) is 6.07 Å². The third-order valence-electron chi connectivity index (χ3n) is 3.14. The predicted molar refractivity (Wildman–Crippen MR) is 70.8 cm³/mol. The van der Waals surface area contributed by atoms with E-state index in [9.17, 15) is 0 Å². The van der Waals surface area contributed by atoms with Crippen LogP contribution in [0.1, 0.15) is 16.1 Å². The van der Waals surface area contributed by atoms with Gasteiger partial charge in [0.2, 0.25) is 0 Å². The molecule has 0 bridgehead atoms. The van der Waals surface area contributed by atoms with Crippen molar-refractivity contribution in [2.24, 2.45) is 0 Å². The van der Waals surface area contributed by atoms with Gasteiger partial charge >= 0.3 is 0 Å². The smallest absolute Gasteiger partial charge is 0.0937 e. The molecule has 0 spiro atoms. The van der Waals surface area contributed by atoms with Crippen molar-refractivity contribution in [3.8, 4) is 0 Å². The lowest BCUT2D eigenvalue weighted by Gasteiger charge is -2.13. The maximum Gasteiger partial charge on any atom is 0.0937 e. The molecule has 0 amide bonds. The Bertz CT molecular complexity index is 507. The van der Waals surface area contributed by atoms with Crippen molar-refractivity contribution in [2.45, 2.75) is 19.5 Å². The Kier molecular flexibility index (Phi) is 2.82. The molecule has 3 rings (SSSR count). The monoisotopic (exact) mass is 245 g/mol. The van der Waals surface area contributed by atoms with E-state index in [0.717, 1.165) is 31.7 Å². The van der Waals surface area contributed by atoms with Gasteiger partial charge in [0.15, 0.2) is 0 Å². The second-order valence-electron chi connectivity index (χ2n) is 4.41. The number of anilines is 1. The molecule has 1 aromatic heterocycles. The molecular weight excluding hydrogens is 230 g/mol. The summed E-state index contributed by atoms with van der Waals surface area (Å²) in [5, 5.41) is 3.26. The highest BCUT2D eigenvalue weighted by Gasteiger charge is 2.18. The van der Waals surface area contributed by atoms with Gasteiger partial charge in [-0.05, 0) is 23.3 Å². The molecule has 1 aliphatic heterocycles. The Labute approximate surface area is 105 Å². The summed E-state index contributed by atoms with van der Waals surface area (Å²) in [6.45, 7) is 3.13. The number of nitrogen functional groups attached to an aromatic ring is 1. The number of hydrogen-bond acceptors (Lipinski definition) is 4. The molecule has 0 atom stereocenters. The van der Waals surface area contributed by atoms with Crippen LogP contribution in [0.2, 0.25) is 0 Å². The normalized spacial score (nSPS) is 15.1. The van der Waals surface area contributed by atoms with E-state index < -0.39 is 0 Å². The molecule has 88 valence electrons. The molecule has 0 aliphatic carbocycles. The lowest BCUT2D eigenvalue weighted by Crippen LogP contribution is -2.19. The fourth-order valence-electron chi connectivity index (χ4n) is 2.27. The van der Waals surface area contributed by atoms with Crippen molar-refractivity contribution in [1.29, 1.82) is 0 Å². The van der Waals surface area contributed by atoms with Crippen LogP contribution in [0.5, 0.6) is 0 Å². The fraction of sp³-hybridized carbons (Fsp3) is 0.308. The molecule has 0 unspecified atom stereocenters. The van der Waals surface area contributed by atoms with Gasteiger partial charge in [-0.15, -0.1) is 11.3 Å². The molecule has 2 heterocycles. The topological polar surface area (TPSA) is 42.1 Å². The number of nitrogens with two attached hydrogens (primary N) is 1. The van der Waals surface area contributed by atoms with Gasteiger partial charge in [0.25, 0.3) is 0 Å². The Morgan fingerprint density at radius 2 is 2.18 bits per heavy atom. The van der Waals surface area contributed by atoms with E-state index in [1.165, 1.54) is 16.1 Å². The SMILES string of the molecule is Nc1ccc2c(c1)CN(CCc1nccs1)C2. The van der Waals surface area contributed by atoms with Crippen LogP contribution in [0.3, 0.4) is 0 Å². The van der Waals surface area contributed by atoms with Crippen LogP contribution in [-0.2, 0) is 19.5 Å². The van der Waals surface area contributed by atoms with Crippen molar-refractivity contribution >= 4 is 17.0 Å². The zero-order chi connectivity index (χ0) is 11.7. The van der Waals surface area contributed by atoms with Crippen molar-refractivity contribution in [3.05, 3.63) is 45.9 Å². The first-order valence-electron chi connectivity index (χ1n) is 5.79. The first kappa shape index (κ1) is 10.7. The quantitative estimate of drug-likeness (QED) is 0.844. The molecular formula is C13H15N3S. The maximum atomic E-state index is 5.80. The Balaban J connectivity index is 1.62. The van der Waals surface area contributed by atoms with Gasteiger partial charge in [-0.3, -0.25) is 4.90 Å². The number of fused-ring (bicyclic) bond motifs is 1. The van der Waals surface area contributed by atoms with Crippen LogP contribution in [0.4, 0.5) is 5.69 Å². The van der Waals surface area contributed by atoms with Crippen LogP contribution in [0.15, 0.2) is 29.8 Å². The Hall–Kier alpha value is -1.39. The summed E-state index contributed by atoms with van der Waals surface area (Å²) in [5.41, 5.74) is 9.46. The highest BCUT2D eigenvalue weighted by molar-refractivity contribution is 7.09. The van der Waals surface area contributed by atoms with E-state index in [0.29, 0.717) is 0 Å². The molecule has 2 N–H and O–H groups in total. The Morgan fingerprint density at radius 1 is 1.29 bits per heavy atom. The summed E-state index contributed by atoms with van der Waals surface area (Å²) >= 11 is 1.73. The summed E-state index contributed by atoms with van der Waals surface area (Å²) in [6, 6.07) is 6.23. The summed E-state index contributed by atoms with van der Waals surface area (Å²) in [7, 11) is 0. The maximum absolute atomic E-state index is 5.80. The highest BCUT2D eigenvalue weighted by Crippen LogP contribution is 2.24. The van der Waals surface area contributed by atoms with Gasteiger partial charge in [-0.25, -0.2) is 4.98 Å². The van der Waals surface area contributed by atoms with Crippen LogP contribution >= 0.6 is 11.3 Å². The molecule has 17 heavy (non-hydrogen) atoms. The molecule has 3 nitrogen and oxygen atoms in total. The Morgan fingerprint density at radius 3 is 3.00 bits per heavy atom. The summed E-state index contributed by atoms with van der Waals surface area (Å²) < 4.78 is 0. The fourth-order valence-corrected chi connectivity index (χ4v) is 2.88. The van der Waals surface area contributed by atoms with Gasteiger partial charge < -0.3 is 5.73 Å². The minimum absolute atomic E-state index is 0.866. The van der Waals surface area contributed by atoms with Crippen LogP contribution in [-0.4, -0.2) is 16.4 Å². The van der Waals surface area contributed by atoms with Gasteiger partial charge in [0, 0.05) is 43.3 Å². The van der Waals surface area contributed by atoms with Gasteiger partial charge in [0.05, 0.1) is 5.01 Å². The second-order valence-corrected chi connectivity index (χ2v) is 5.39. The first-order chi connectivity index (χ1) is 8.31. The number of thiazole rings is 1. The minimum atomic E-state index is 0.866. The molecule has 1 aliphatic rings. The van der Waals surface area contributed by atoms with E-state index in [2.05, 4.69) is 22.0 Å². The van der Waals surface area contributed by atoms with E-state index in [1.54, 1.807) is 11.3 Å². The van der Waals surface area contributed by atoms with Gasteiger partial charge in [-0.2, -0.15) is 0 Å². The van der Waals surface area contributed by atoms with Crippen LogP contribution < -0.4 is 5.73 Å². The second kappa shape index (κ2) is 4.47. The largest absolute Gasteiger partial charge is 0.399 e. The van der Waals surface area contributed by atoms with Crippen molar-refractivity contribution in [2.75, 3.05) is 12.3 Å². The molecule has 1 aromatic carbocycles. The zero-order valence-electron chi connectivity index (χ0n) is 9.60. The molecule has 0 fully saturated rings. The van der Waals surface area contributed by atoms with Crippen molar-refractivity contribution < 1.29 is 0 Å². The van der Waals surface area contributed by atoms with Crippen molar-refractivity contribution in [3.63, 3.8) is 0 Å². The number of nitrogens with zero attached hydrogens (tertiary/aromatic N) is 2. The summed E-state index contributed by atoms with van der Waals surface area (Å²) in [6.07, 6.45) is 2.92. The standard InChI is InChI=1S/C13H15N3S/c14-12-2-1-10-8-16(9-11(10)7-12)5-3-13-15-4-6-17-13/h1-2,4,6-7H,3,5,8-9,14H2. The average molecular weight is 245 g/mol. The van der Waals surface area contributed by atoms with E-state index in [-0.39, 0.29) is 0 Å². The van der Waals surface area contributed by atoms with Gasteiger partial charge in [0.1, 0.15) is 0 Å². The predicted octanol–water partition coefficient (Wildman–Crippen LogP) is 2.28. The van der Waals surface area contributed by atoms with E-state index >= 15 is 0 Å². The third-order valence-corrected chi connectivity index (χ3v) is 3.98. The van der Waals surface area contributed by atoms with Crippen LogP contribution in [0.25, 0.3) is 0 Å². The highest BCUT2D eigenvalue weighted by atomic mass is 32.1. The molecule has 0 radical (unpaired) electrons. The number of aromatic nitrogens is 1. The lowest BCUT2D eigenvalue weighted by atomic mass is 10.1. The average Bonchev–Trinajstić information content (AvgIpc) is 2.94. The number of hydrogen-bond donors (Lipinski definition) is 1. The number of benzene rings is 1. The number of rotatable bonds is 3. The summed E-state index contributed by atoms with van der Waals surface area (Å²) in [5.74, 6) is 0. The van der Waals surface area contributed by atoms with Crippen LogP contribution in [0, 0.1) is 0 Å². The van der Waals surface area contributed by atoms with E-state index in [1.807, 2.05) is 17.6 Å². The van der Waals surface area contributed by atoms with Crippen molar-refractivity contribution in [1.82, 2.24) is 9.88 Å².